The zero-order chi connectivity index (χ0) is 21.9. The highest BCUT2D eigenvalue weighted by molar-refractivity contribution is 5.75. The molecule has 1 heterocycles. The van der Waals surface area contributed by atoms with Gasteiger partial charge in [0.25, 0.3) is 6.02 Å². The Morgan fingerprint density at radius 2 is 2.04 bits per heavy atom. The summed E-state index contributed by atoms with van der Waals surface area (Å²) in [5.41, 5.74) is 7.28. The molecule has 1 aromatic carbocycles. The lowest BCUT2D eigenvalue weighted by molar-refractivity contribution is -0.0779. The third-order valence-corrected chi connectivity index (χ3v) is 6.70. The average Bonchev–Trinajstić information content (AvgIpc) is 3.04. The van der Waals surface area contributed by atoms with Crippen LogP contribution in [0.4, 0.5) is 0 Å². The number of aliphatic imine (C=N–C) groups is 1. The summed E-state index contributed by atoms with van der Waals surface area (Å²) in [6.45, 7) is 6.48. The van der Waals surface area contributed by atoms with Crippen LogP contribution in [0.3, 0.4) is 0 Å². The normalized spacial score (nSPS) is 39.1. The van der Waals surface area contributed by atoms with E-state index in [0.29, 0.717) is 0 Å². The number of nitrogens with zero attached hydrogens (tertiary/aromatic N) is 1. The van der Waals surface area contributed by atoms with E-state index in [0.717, 1.165) is 36.0 Å². The Hall–Kier alpha value is -1.99. The molecule has 0 saturated heterocycles. The Balaban J connectivity index is 1.91. The summed E-state index contributed by atoms with van der Waals surface area (Å²) in [5.74, 6) is 7.25. The van der Waals surface area contributed by atoms with Crippen LogP contribution in [-0.4, -0.2) is 25.8 Å². The number of hydrogen-bond donors (Lipinski definition) is 1. The molecular weight excluding hydrogens is 348 g/mol. The molecule has 4 rings (SSSR count). The Morgan fingerprint density at radius 1 is 1.32 bits per heavy atom. The topological polar surface area (TPSA) is 56.8 Å². The smallest absolute Gasteiger partial charge is 0.283 e. The van der Waals surface area contributed by atoms with E-state index in [9.17, 15) is 0 Å². The van der Waals surface area contributed by atoms with Gasteiger partial charge in [0, 0.05) is 24.0 Å². The summed E-state index contributed by atoms with van der Waals surface area (Å²) in [6, 6.07) is 6.07. The fourth-order valence-electron chi connectivity index (χ4n) is 5.84. The predicted octanol–water partition coefficient (Wildman–Crippen LogP) is 3.86. The zero-order valence-corrected chi connectivity index (χ0v) is 17.5. The lowest BCUT2D eigenvalue weighted by Crippen LogP contribution is -2.51. The van der Waals surface area contributed by atoms with E-state index in [1.54, 1.807) is 7.11 Å². The molecule has 3 aliphatic rings. The van der Waals surface area contributed by atoms with Crippen LogP contribution in [0.2, 0.25) is 0 Å². The van der Waals surface area contributed by atoms with Gasteiger partial charge in [0.2, 0.25) is 0 Å². The van der Waals surface area contributed by atoms with Crippen molar-refractivity contribution in [3.8, 4) is 11.8 Å². The summed E-state index contributed by atoms with van der Waals surface area (Å²) in [5, 5.41) is 0. The molecule has 28 heavy (non-hydrogen) atoms. The van der Waals surface area contributed by atoms with Gasteiger partial charge in [-0.15, -0.1) is 0 Å². The molecule has 2 N–H and O–H groups in total. The van der Waals surface area contributed by atoms with Crippen molar-refractivity contribution < 1.29 is 12.2 Å². The van der Waals surface area contributed by atoms with Gasteiger partial charge in [0.15, 0.2) is 0 Å². The van der Waals surface area contributed by atoms with Crippen LogP contribution in [0.5, 0.6) is 0 Å². The van der Waals surface area contributed by atoms with Gasteiger partial charge in [-0.2, -0.15) is 0 Å². The van der Waals surface area contributed by atoms with E-state index in [1.165, 1.54) is 0 Å². The first-order chi connectivity index (χ1) is 14.0. The Bertz CT molecular complexity index is 934. The van der Waals surface area contributed by atoms with Crippen molar-refractivity contribution in [3.05, 3.63) is 34.9 Å². The largest absolute Gasteiger partial charge is 0.462 e. The van der Waals surface area contributed by atoms with Gasteiger partial charge in [0.1, 0.15) is 12.1 Å². The highest BCUT2D eigenvalue weighted by atomic mass is 16.5. The van der Waals surface area contributed by atoms with Crippen LogP contribution >= 0.6 is 0 Å². The first kappa shape index (κ1) is 16.9. The maximum Gasteiger partial charge on any atom is 0.283 e. The lowest BCUT2D eigenvalue weighted by atomic mass is 9.57. The van der Waals surface area contributed by atoms with Crippen LogP contribution in [0.15, 0.2) is 23.2 Å². The van der Waals surface area contributed by atoms with Crippen molar-refractivity contribution in [2.45, 2.75) is 58.6 Å². The zero-order valence-electron chi connectivity index (χ0n) is 19.5. The molecule has 150 valence electrons. The molecule has 1 aliphatic heterocycles. The minimum Gasteiger partial charge on any atom is -0.462 e. The molecule has 4 nitrogen and oxygen atoms in total. The summed E-state index contributed by atoms with van der Waals surface area (Å²) in [6.07, 6.45) is 2.51. The average molecular weight is 383 g/mol. The van der Waals surface area contributed by atoms with Gasteiger partial charge in [-0.1, -0.05) is 45.6 Å². The summed E-state index contributed by atoms with van der Waals surface area (Å²) in [7, 11) is 1.77. The molecule has 0 bridgehead atoms. The van der Waals surface area contributed by atoms with Crippen molar-refractivity contribution >= 4 is 6.02 Å². The summed E-state index contributed by atoms with van der Waals surface area (Å²) < 4.78 is 29.1. The molecule has 0 aromatic heterocycles. The maximum absolute atomic E-state index is 8.90. The number of methoxy groups -OCH3 is 1. The molecule has 2 spiro atoms. The van der Waals surface area contributed by atoms with Gasteiger partial charge < -0.3 is 15.2 Å². The molecular formula is C24H32N2O2. The molecule has 1 saturated carbocycles. The quantitative estimate of drug-likeness (QED) is 0.751. The number of fused-ring (bicyclic) bond motifs is 3. The van der Waals surface area contributed by atoms with E-state index in [1.807, 2.05) is 12.1 Å². The van der Waals surface area contributed by atoms with E-state index >= 15 is 0 Å². The van der Waals surface area contributed by atoms with E-state index in [-0.39, 0.29) is 29.9 Å². The second-order valence-corrected chi connectivity index (χ2v) is 9.18. The van der Waals surface area contributed by atoms with Crippen molar-refractivity contribution in [2.75, 3.05) is 13.7 Å². The molecule has 0 radical (unpaired) electrons. The Morgan fingerprint density at radius 3 is 2.61 bits per heavy atom. The number of hydrogen-bond acceptors (Lipinski definition) is 4. The van der Waals surface area contributed by atoms with Crippen molar-refractivity contribution in [1.82, 2.24) is 0 Å². The van der Waals surface area contributed by atoms with Crippen molar-refractivity contribution in [1.29, 1.82) is 0 Å². The van der Waals surface area contributed by atoms with E-state index < -0.39 is 17.5 Å². The van der Waals surface area contributed by atoms with Gasteiger partial charge in [0.05, 0.1) is 8.85 Å². The molecule has 4 heteroatoms. The lowest BCUT2D eigenvalue weighted by Gasteiger charge is -2.50. The molecule has 1 aromatic rings. The van der Waals surface area contributed by atoms with Gasteiger partial charge in [-0.25, -0.2) is 4.99 Å². The maximum atomic E-state index is 8.90. The second-order valence-electron chi connectivity index (χ2n) is 9.18. The number of benzene rings is 1. The molecule has 5 atom stereocenters. The van der Waals surface area contributed by atoms with Gasteiger partial charge >= 0.3 is 0 Å². The number of rotatable bonds is 1. The monoisotopic (exact) mass is 382 g/mol. The Kier molecular flexibility index (Phi) is 4.12. The third kappa shape index (κ3) is 2.83. The third-order valence-electron chi connectivity index (χ3n) is 6.70. The van der Waals surface area contributed by atoms with Crippen LogP contribution in [0.25, 0.3) is 0 Å². The standard InChI is InChI=1S/C24H32N2O2/c1-15(2)6-7-18-8-9-19-13-23(11-16(3)21(27-5)17(4)12-23)24(20(19)10-18)14-28-22(25)26-24/h8-10,15-17,21H,11-14H2,1-5H3,(H2,25,26)/t16-,17+,21+,23+,24?/i14D2. The highest BCUT2D eigenvalue weighted by Crippen LogP contribution is 2.62. The predicted molar refractivity (Wildman–Crippen MR) is 112 cm³/mol. The van der Waals surface area contributed by atoms with Crippen LogP contribution in [-0.2, 0) is 21.4 Å². The van der Waals surface area contributed by atoms with Crippen molar-refractivity contribution in [2.24, 2.45) is 33.9 Å². The fraction of sp³-hybridized carbons (Fsp3) is 0.625. The van der Waals surface area contributed by atoms with Crippen LogP contribution in [0, 0.1) is 35.0 Å². The van der Waals surface area contributed by atoms with Crippen LogP contribution < -0.4 is 5.73 Å². The summed E-state index contributed by atoms with van der Waals surface area (Å²) >= 11 is 0. The molecule has 0 amide bonds. The van der Waals surface area contributed by atoms with E-state index in [2.05, 4.69) is 45.6 Å². The fourth-order valence-corrected chi connectivity index (χ4v) is 5.84. The van der Waals surface area contributed by atoms with Gasteiger partial charge in [-0.3, -0.25) is 0 Å². The number of ether oxygens (including phenoxy) is 2. The van der Waals surface area contributed by atoms with E-state index in [4.69, 9.17) is 22.9 Å². The molecule has 1 fully saturated rings. The minimum absolute atomic E-state index is 0.0694. The highest BCUT2D eigenvalue weighted by Gasteiger charge is 2.63. The summed E-state index contributed by atoms with van der Waals surface area (Å²) in [4.78, 5) is 4.75. The Labute approximate surface area is 171 Å². The SMILES string of the molecule is [2H]C1([2H])OC(N)=NC12c1cc(C#CC(C)C)ccc1C[C@@]21C[C@@H](C)[C@H](OC)[C@@H](C)C1. The number of amidine groups is 1. The molecule has 1 unspecified atom stereocenters. The molecule has 2 aliphatic carbocycles. The second kappa shape index (κ2) is 6.81. The first-order valence-corrected chi connectivity index (χ1v) is 10.3. The van der Waals surface area contributed by atoms with Gasteiger partial charge in [-0.05, 0) is 54.4 Å². The first-order valence-electron chi connectivity index (χ1n) is 11.3. The van der Waals surface area contributed by atoms with Crippen LogP contribution in [0.1, 0.15) is 60.0 Å². The minimum atomic E-state index is -2.02. The number of nitrogens with two attached hydrogens (primary N) is 1. The van der Waals surface area contributed by atoms with Crippen molar-refractivity contribution in [3.63, 3.8) is 0 Å².